The second-order valence-corrected chi connectivity index (χ2v) is 6.76. The number of H-pyrrole nitrogens is 1. The molecule has 3 rings (SSSR count). The zero-order chi connectivity index (χ0) is 17.8. The third-order valence-electron chi connectivity index (χ3n) is 4.78. The van der Waals surface area contributed by atoms with Gasteiger partial charge in [-0.15, -0.1) is 0 Å². The Balaban J connectivity index is 1.59. The van der Waals surface area contributed by atoms with Gasteiger partial charge in [0.2, 0.25) is 0 Å². The highest BCUT2D eigenvalue weighted by atomic mass is 16.5. The predicted octanol–water partition coefficient (Wildman–Crippen LogP) is 2.20. The maximum absolute atomic E-state index is 12.5. The van der Waals surface area contributed by atoms with Crippen molar-refractivity contribution >= 4 is 16.9 Å². The number of aliphatic hydroxyl groups excluding tert-OH is 1. The second-order valence-electron chi connectivity index (χ2n) is 6.76. The quantitative estimate of drug-likeness (QED) is 0.777. The molecule has 0 radical (unpaired) electrons. The predicted molar refractivity (Wildman–Crippen MR) is 97.7 cm³/mol. The molecule has 0 unspecified atom stereocenters. The Morgan fingerprint density at radius 3 is 3.08 bits per heavy atom. The van der Waals surface area contributed by atoms with Gasteiger partial charge in [-0.25, -0.2) is 4.79 Å². The average molecular weight is 345 g/mol. The zero-order valence-electron chi connectivity index (χ0n) is 14.9. The number of aliphatic hydroxyl groups is 1. The second kappa shape index (κ2) is 7.89. The molecule has 0 spiro atoms. The third-order valence-corrected chi connectivity index (χ3v) is 4.78. The Bertz CT molecular complexity index is 726. The van der Waals surface area contributed by atoms with Gasteiger partial charge in [0, 0.05) is 29.7 Å². The molecule has 0 saturated carbocycles. The maximum atomic E-state index is 12.5. The van der Waals surface area contributed by atoms with Gasteiger partial charge in [0.15, 0.2) is 0 Å². The highest BCUT2D eigenvalue weighted by molar-refractivity contribution is 5.84. The van der Waals surface area contributed by atoms with Gasteiger partial charge in [0.1, 0.15) is 0 Å². The van der Waals surface area contributed by atoms with E-state index in [1.165, 1.54) is 10.9 Å². The molecule has 1 aromatic carbocycles. The summed E-state index contributed by atoms with van der Waals surface area (Å²) in [4.78, 5) is 17.7. The van der Waals surface area contributed by atoms with Crippen LogP contribution in [-0.2, 0) is 11.2 Å². The molecule has 136 valence electrons. The number of benzene rings is 1. The summed E-state index contributed by atoms with van der Waals surface area (Å²) in [6.45, 7) is 5.99. The largest absolute Gasteiger partial charge is 0.393 e. The van der Waals surface area contributed by atoms with Crippen LogP contribution in [0, 0.1) is 6.92 Å². The summed E-state index contributed by atoms with van der Waals surface area (Å²) in [6.07, 6.45) is 0.873. The van der Waals surface area contributed by atoms with Crippen molar-refractivity contribution in [2.75, 3.05) is 26.3 Å². The average Bonchev–Trinajstić information content (AvgIpc) is 2.90. The van der Waals surface area contributed by atoms with E-state index in [9.17, 15) is 9.90 Å². The number of hydrogen-bond donors (Lipinski definition) is 3. The van der Waals surface area contributed by atoms with Crippen molar-refractivity contribution in [1.82, 2.24) is 15.2 Å². The van der Waals surface area contributed by atoms with Crippen molar-refractivity contribution < 1.29 is 14.6 Å². The molecule has 1 aromatic heterocycles. The number of carbonyl (C=O) groups excluding carboxylic acids is 1. The van der Waals surface area contributed by atoms with Crippen LogP contribution in [0.1, 0.15) is 24.6 Å². The standard InChI is InChI=1S/C19H27N3O3/c1-13(23)11-15-12-25-10-9-22(15)19(24)20-8-7-16-14(2)21-18-6-4-3-5-17(16)18/h3-6,13,15,21,23H,7-12H2,1-2H3,(H,20,24)/t13-,15-/m0/s1. The topological polar surface area (TPSA) is 77.6 Å². The number of carbonyl (C=O) groups is 1. The van der Waals surface area contributed by atoms with Gasteiger partial charge >= 0.3 is 6.03 Å². The van der Waals surface area contributed by atoms with Crippen LogP contribution in [0.5, 0.6) is 0 Å². The molecule has 1 aliphatic rings. The first-order valence-corrected chi connectivity index (χ1v) is 8.92. The minimum atomic E-state index is -0.448. The Kier molecular flexibility index (Phi) is 5.60. The number of urea groups is 1. The number of para-hydroxylation sites is 1. The fourth-order valence-electron chi connectivity index (χ4n) is 3.56. The molecule has 0 aliphatic carbocycles. The number of rotatable bonds is 5. The van der Waals surface area contributed by atoms with Crippen molar-refractivity contribution in [2.24, 2.45) is 0 Å². The molecule has 0 bridgehead atoms. The Labute approximate surface area is 148 Å². The lowest BCUT2D eigenvalue weighted by atomic mass is 10.1. The van der Waals surface area contributed by atoms with Gasteiger partial charge in [-0.05, 0) is 38.3 Å². The summed E-state index contributed by atoms with van der Waals surface area (Å²) in [5, 5.41) is 13.9. The molecule has 1 fully saturated rings. The number of aromatic nitrogens is 1. The van der Waals surface area contributed by atoms with E-state index in [-0.39, 0.29) is 12.1 Å². The monoisotopic (exact) mass is 345 g/mol. The molecule has 1 aliphatic heterocycles. The lowest BCUT2D eigenvalue weighted by Gasteiger charge is -2.36. The van der Waals surface area contributed by atoms with Crippen molar-refractivity contribution in [2.45, 2.75) is 38.8 Å². The van der Waals surface area contributed by atoms with E-state index >= 15 is 0 Å². The highest BCUT2D eigenvalue weighted by Crippen LogP contribution is 2.22. The van der Waals surface area contributed by atoms with E-state index in [1.54, 1.807) is 11.8 Å². The summed E-state index contributed by atoms with van der Waals surface area (Å²) in [5.74, 6) is 0. The van der Waals surface area contributed by atoms with Crippen molar-refractivity contribution in [3.05, 3.63) is 35.5 Å². The van der Waals surface area contributed by atoms with Gasteiger partial charge in [0.25, 0.3) is 0 Å². The molecule has 2 atom stereocenters. The number of aryl methyl sites for hydroxylation is 1. The normalized spacial score (nSPS) is 19.2. The van der Waals surface area contributed by atoms with Crippen LogP contribution in [0.2, 0.25) is 0 Å². The molecule has 6 heteroatoms. The Hall–Kier alpha value is -2.05. The molecule has 2 heterocycles. The molecule has 6 nitrogen and oxygen atoms in total. The van der Waals surface area contributed by atoms with E-state index in [4.69, 9.17) is 4.74 Å². The summed E-state index contributed by atoms with van der Waals surface area (Å²) in [5.41, 5.74) is 3.53. The van der Waals surface area contributed by atoms with Crippen LogP contribution in [-0.4, -0.2) is 59.5 Å². The van der Waals surface area contributed by atoms with E-state index < -0.39 is 6.10 Å². The van der Waals surface area contributed by atoms with E-state index in [0.717, 1.165) is 17.6 Å². The first kappa shape index (κ1) is 17.8. The maximum Gasteiger partial charge on any atom is 0.317 e. The minimum absolute atomic E-state index is 0.0661. The number of amides is 2. The van der Waals surface area contributed by atoms with Crippen LogP contribution in [0.3, 0.4) is 0 Å². The van der Waals surface area contributed by atoms with E-state index in [0.29, 0.717) is 32.7 Å². The van der Waals surface area contributed by atoms with E-state index in [1.807, 2.05) is 12.1 Å². The molecule has 2 aromatic rings. The van der Waals surface area contributed by atoms with Gasteiger partial charge in [-0.1, -0.05) is 18.2 Å². The molecule has 1 saturated heterocycles. The molecular weight excluding hydrogens is 318 g/mol. The number of fused-ring (bicyclic) bond motifs is 1. The summed E-state index contributed by atoms with van der Waals surface area (Å²) < 4.78 is 5.45. The van der Waals surface area contributed by atoms with Crippen LogP contribution >= 0.6 is 0 Å². The molecular formula is C19H27N3O3. The van der Waals surface area contributed by atoms with Gasteiger partial charge < -0.3 is 25.0 Å². The minimum Gasteiger partial charge on any atom is -0.393 e. The lowest BCUT2D eigenvalue weighted by molar-refractivity contribution is -0.00425. The first-order chi connectivity index (χ1) is 12.1. The molecule has 25 heavy (non-hydrogen) atoms. The van der Waals surface area contributed by atoms with Crippen LogP contribution < -0.4 is 5.32 Å². The smallest absolute Gasteiger partial charge is 0.317 e. The Morgan fingerprint density at radius 2 is 2.28 bits per heavy atom. The van der Waals surface area contributed by atoms with E-state index in [2.05, 4.69) is 29.4 Å². The van der Waals surface area contributed by atoms with Gasteiger partial charge in [0.05, 0.1) is 25.4 Å². The number of nitrogens with zero attached hydrogens (tertiary/aromatic N) is 1. The van der Waals surface area contributed by atoms with Gasteiger partial charge in [-0.3, -0.25) is 0 Å². The van der Waals surface area contributed by atoms with Crippen molar-refractivity contribution in [3.63, 3.8) is 0 Å². The summed E-state index contributed by atoms with van der Waals surface area (Å²) in [7, 11) is 0. The number of morpholine rings is 1. The molecule has 3 N–H and O–H groups in total. The fourth-order valence-corrected chi connectivity index (χ4v) is 3.56. The Morgan fingerprint density at radius 1 is 1.48 bits per heavy atom. The first-order valence-electron chi connectivity index (χ1n) is 8.92. The SMILES string of the molecule is Cc1[nH]c2ccccc2c1CCNC(=O)N1CCOC[C@@H]1C[C@H](C)O. The number of nitrogens with one attached hydrogen (secondary N) is 2. The van der Waals surface area contributed by atoms with Gasteiger partial charge in [-0.2, -0.15) is 0 Å². The lowest BCUT2D eigenvalue weighted by Crippen LogP contribution is -2.53. The van der Waals surface area contributed by atoms with Crippen molar-refractivity contribution in [3.8, 4) is 0 Å². The van der Waals surface area contributed by atoms with Crippen LogP contribution in [0.15, 0.2) is 24.3 Å². The van der Waals surface area contributed by atoms with Crippen LogP contribution in [0.25, 0.3) is 10.9 Å². The summed E-state index contributed by atoms with van der Waals surface area (Å²) >= 11 is 0. The zero-order valence-corrected chi connectivity index (χ0v) is 14.9. The van der Waals surface area contributed by atoms with Crippen LogP contribution in [0.4, 0.5) is 4.79 Å². The fraction of sp³-hybridized carbons (Fsp3) is 0.526. The number of ether oxygens (including phenoxy) is 1. The molecule has 2 amide bonds. The third kappa shape index (κ3) is 4.14. The number of aromatic amines is 1. The number of hydrogen-bond acceptors (Lipinski definition) is 3. The summed E-state index contributed by atoms with van der Waals surface area (Å²) in [6, 6.07) is 8.08. The highest BCUT2D eigenvalue weighted by Gasteiger charge is 2.28. The van der Waals surface area contributed by atoms with Crippen molar-refractivity contribution in [1.29, 1.82) is 0 Å².